The van der Waals surface area contributed by atoms with Crippen molar-refractivity contribution >= 4 is 39.1 Å². The van der Waals surface area contributed by atoms with Crippen molar-refractivity contribution in [2.75, 3.05) is 25.0 Å². The Bertz CT molecular complexity index is 477. The van der Waals surface area contributed by atoms with Gasteiger partial charge in [0, 0.05) is 42.3 Å². The summed E-state index contributed by atoms with van der Waals surface area (Å²) in [6, 6.07) is 5.55. The summed E-state index contributed by atoms with van der Waals surface area (Å²) in [4.78, 5) is 14.0. The Hall–Kier alpha value is -0.780. The van der Waals surface area contributed by atoms with Crippen LogP contribution in [0.5, 0.6) is 0 Å². The van der Waals surface area contributed by atoms with Gasteiger partial charge in [-0.2, -0.15) is 0 Å². The zero-order valence-corrected chi connectivity index (χ0v) is 13.6. The van der Waals surface area contributed by atoms with Crippen LogP contribution < -0.4 is 11.1 Å². The van der Waals surface area contributed by atoms with Gasteiger partial charge in [-0.05, 0) is 47.0 Å². The molecule has 0 aromatic heterocycles. The topological polar surface area (TPSA) is 58.4 Å². The molecular formula is C14H19BrClN3O. The van der Waals surface area contributed by atoms with E-state index in [1.165, 1.54) is 0 Å². The molecule has 6 heteroatoms. The number of nitrogens with two attached hydrogens (primary N) is 1. The Morgan fingerprint density at radius 2 is 2.15 bits per heavy atom. The predicted molar refractivity (Wildman–Crippen MR) is 86.0 cm³/mol. The van der Waals surface area contributed by atoms with E-state index in [9.17, 15) is 4.79 Å². The molecule has 3 N–H and O–H groups in total. The lowest BCUT2D eigenvalue weighted by atomic mass is 10.1. The largest absolute Gasteiger partial charge is 0.380 e. The number of likely N-dealkylation sites (tertiary alicyclic amines) is 1. The molecule has 2 rings (SSSR count). The van der Waals surface area contributed by atoms with E-state index in [1.807, 2.05) is 23.1 Å². The summed E-state index contributed by atoms with van der Waals surface area (Å²) >= 11 is 9.41. The van der Waals surface area contributed by atoms with Gasteiger partial charge in [0.15, 0.2) is 0 Å². The first-order valence-corrected chi connectivity index (χ1v) is 7.96. The second-order valence-electron chi connectivity index (χ2n) is 5.00. The molecule has 20 heavy (non-hydrogen) atoms. The van der Waals surface area contributed by atoms with E-state index in [0.717, 1.165) is 36.1 Å². The summed E-state index contributed by atoms with van der Waals surface area (Å²) in [7, 11) is 0. The highest BCUT2D eigenvalue weighted by molar-refractivity contribution is 9.10. The van der Waals surface area contributed by atoms with Crippen LogP contribution in [0.3, 0.4) is 0 Å². The zero-order valence-electron chi connectivity index (χ0n) is 11.2. The van der Waals surface area contributed by atoms with Gasteiger partial charge >= 0.3 is 0 Å². The van der Waals surface area contributed by atoms with E-state index in [2.05, 4.69) is 21.2 Å². The number of carbonyl (C=O) groups is 1. The van der Waals surface area contributed by atoms with Gasteiger partial charge in [-0.1, -0.05) is 11.6 Å². The number of nitrogens with zero attached hydrogens (tertiary/aromatic N) is 1. The lowest BCUT2D eigenvalue weighted by Gasteiger charge is -2.22. The summed E-state index contributed by atoms with van der Waals surface area (Å²) in [6.07, 6.45) is 2.63. The van der Waals surface area contributed by atoms with Crippen LogP contribution in [0.4, 0.5) is 5.69 Å². The molecule has 0 radical (unpaired) electrons. The van der Waals surface area contributed by atoms with Crippen molar-refractivity contribution in [1.29, 1.82) is 0 Å². The molecule has 1 saturated heterocycles. The van der Waals surface area contributed by atoms with Crippen molar-refractivity contribution in [3.8, 4) is 0 Å². The molecule has 1 aromatic carbocycles. The Morgan fingerprint density at radius 1 is 1.45 bits per heavy atom. The van der Waals surface area contributed by atoms with E-state index in [4.69, 9.17) is 17.3 Å². The molecule has 4 nitrogen and oxygen atoms in total. The van der Waals surface area contributed by atoms with Crippen LogP contribution in [0, 0.1) is 0 Å². The van der Waals surface area contributed by atoms with Gasteiger partial charge in [-0.25, -0.2) is 0 Å². The molecule has 0 spiro atoms. The van der Waals surface area contributed by atoms with Crippen LogP contribution in [-0.4, -0.2) is 36.5 Å². The second-order valence-corrected chi connectivity index (χ2v) is 6.26. The van der Waals surface area contributed by atoms with E-state index >= 15 is 0 Å². The molecule has 0 aliphatic carbocycles. The van der Waals surface area contributed by atoms with Crippen molar-refractivity contribution in [3.63, 3.8) is 0 Å². The van der Waals surface area contributed by atoms with Crippen LogP contribution >= 0.6 is 27.5 Å². The molecule has 1 fully saturated rings. The van der Waals surface area contributed by atoms with Gasteiger partial charge in [0.25, 0.3) is 0 Å². The molecule has 110 valence electrons. The summed E-state index contributed by atoms with van der Waals surface area (Å²) in [5, 5.41) is 3.91. The molecule has 1 unspecified atom stereocenters. The van der Waals surface area contributed by atoms with Gasteiger partial charge in [0.1, 0.15) is 0 Å². The minimum atomic E-state index is -0.0691. The fraction of sp³-hybridized carbons (Fsp3) is 0.500. The van der Waals surface area contributed by atoms with E-state index in [-0.39, 0.29) is 11.9 Å². The molecule has 1 atom stereocenters. The van der Waals surface area contributed by atoms with Gasteiger partial charge in [0.2, 0.25) is 5.91 Å². The minimum Gasteiger partial charge on any atom is -0.380 e. The number of nitrogens with one attached hydrogen (secondary N) is 1. The summed E-state index contributed by atoms with van der Waals surface area (Å²) in [6.45, 7) is 2.16. The third-order valence-electron chi connectivity index (χ3n) is 3.45. The highest BCUT2D eigenvalue weighted by atomic mass is 79.9. The molecule has 0 saturated carbocycles. The number of rotatable bonds is 5. The molecule has 1 aliphatic rings. The van der Waals surface area contributed by atoms with Gasteiger partial charge < -0.3 is 16.0 Å². The monoisotopic (exact) mass is 359 g/mol. The quantitative estimate of drug-likeness (QED) is 0.849. The molecule has 1 heterocycles. The van der Waals surface area contributed by atoms with Gasteiger partial charge in [-0.3, -0.25) is 4.79 Å². The average Bonchev–Trinajstić information content (AvgIpc) is 2.96. The number of hydrogen-bond acceptors (Lipinski definition) is 3. The van der Waals surface area contributed by atoms with Crippen LogP contribution in [0.25, 0.3) is 0 Å². The average molecular weight is 361 g/mol. The molecule has 1 aliphatic heterocycles. The van der Waals surface area contributed by atoms with Crippen molar-refractivity contribution in [1.82, 2.24) is 4.90 Å². The summed E-state index contributed by atoms with van der Waals surface area (Å²) < 4.78 is 0.849. The smallest absolute Gasteiger partial charge is 0.224 e. The van der Waals surface area contributed by atoms with Crippen LogP contribution in [0.15, 0.2) is 22.7 Å². The van der Waals surface area contributed by atoms with Crippen molar-refractivity contribution in [3.05, 3.63) is 27.7 Å². The first-order valence-electron chi connectivity index (χ1n) is 6.79. The fourth-order valence-corrected chi connectivity index (χ4v) is 2.75. The van der Waals surface area contributed by atoms with E-state index < -0.39 is 0 Å². The second kappa shape index (κ2) is 7.29. The third kappa shape index (κ3) is 4.11. The zero-order chi connectivity index (χ0) is 14.5. The van der Waals surface area contributed by atoms with Crippen molar-refractivity contribution < 1.29 is 4.79 Å². The lowest BCUT2D eigenvalue weighted by molar-refractivity contribution is -0.130. The van der Waals surface area contributed by atoms with Crippen molar-refractivity contribution in [2.24, 2.45) is 5.73 Å². The maximum absolute atomic E-state index is 12.1. The lowest BCUT2D eigenvalue weighted by Crippen LogP contribution is -2.37. The predicted octanol–water partition coefficient (Wildman–Crippen LogP) is 2.85. The molecular weight excluding hydrogens is 342 g/mol. The Kier molecular flexibility index (Phi) is 5.69. The molecule has 1 aromatic rings. The SMILES string of the molecule is NCC(CC(=O)N1CCCC1)Nc1ccc(Br)c(Cl)c1. The van der Waals surface area contributed by atoms with Crippen LogP contribution in [0.2, 0.25) is 5.02 Å². The number of amides is 1. The maximum Gasteiger partial charge on any atom is 0.224 e. The minimum absolute atomic E-state index is 0.0691. The Balaban J connectivity index is 1.94. The number of carbonyl (C=O) groups excluding carboxylic acids is 1. The van der Waals surface area contributed by atoms with E-state index in [0.29, 0.717) is 18.0 Å². The highest BCUT2D eigenvalue weighted by Gasteiger charge is 2.21. The fourth-order valence-electron chi connectivity index (χ4n) is 2.32. The third-order valence-corrected chi connectivity index (χ3v) is 4.69. The summed E-state index contributed by atoms with van der Waals surface area (Å²) in [5.74, 6) is 0.175. The van der Waals surface area contributed by atoms with E-state index in [1.54, 1.807) is 0 Å². The standard InChI is InChI=1S/C14H19BrClN3O/c15-12-4-3-10(7-13(12)16)18-11(9-17)8-14(20)19-5-1-2-6-19/h3-4,7,11,18H,1-2,5-6,8-9,17H2. The van der Waals surface area contributed by atoms with Crippen molar-refractivity contribution in [2.45, 2.75) is 25.3 Å². The Morgan fingerprint density at radius 3 is 2.75 bits per heavy atom. The van der Waals surface area contributed by atoms with Gasteiger partial charge in [-0.15, -0.1) is 0 Å². The van der Waals surface area contributed by atoms with Gasteiger partial charge in [0.05, 0.1) is 5.02 Å². The van der Waals surface area contributed by atoms with Crippen LogP contribution in [0.1, 0.15) is 19.3 Å². The maximum atomic E-state index is 12.1. The first kappa shape index (κ1) is 15.6. The normalized spacial score (nSPS) is 16.2. The van der Waals surface area contributed by atoms with Crippen LogP contribution in [-0.2, 0) is 4.79 Å². The highest BCUT2D eigenvalue weighted by Crippen LogP contribution is 2.26. The molecule has 1 amide bonds. The Labute approximate surface area is 132 Å². The number of anilines is 1. The summed E-state index contributed by atoms with van der Waals surface area (Å²) in [5.41, 5.74) is 6.64. The number of halogens is 2. The number of benzene rings is 1. The first-order chi connectivity index (χ1) is 9.60. The molecule has 0 bridgehead atoms. The number of hydrogen-bond donors (Lipinski definition) is 2.